The third kappa shape index (κ3) is 2.55. The Morgan fingerprint density at radius 1 is 1.35 bits per heavy atom. The van der Waals surface area contributed by atoms with Gasteiger partial charge in [-0.1, -0.05) is 23.7 Å². The summed E-state index contributed by atoms with van der Waals surface area (Å²) in [6.45, 7) is 1.75. The van der Waals surface area contributed by atoms with E-state index in [1.165, 1.54) is 0 Å². The number of nitrogens with zero attached hydrogens (tertiary/aromatic N) is 1. The second-order valence-corrected chi connectivity index (χ2v) is 6.11. The first-order chi connectivity index (χ1) is 9.58. The quantitative estimate of drug-likeness (QED) is 0.909. The molecule has 1 aromatic rings. The average Bonchev–Trinajstić information content (AvgIpc) is 2.45. The Labute approximate surface area is 123 Å². The molecule has 3 rings (SSSR count). The Bertz CT molecular complexity index is 499. The molecule has 1 saturated heterocycles. The number of halogens is 1. The number of amides is 1. The number of ether oxygens (including phenoxy) is 1. The third-order valence-corrected chi connectivity index (χ3v) is 4.52. The van der Waals surface area contributed by atoms with Crippen molar-refractivity contribution in [2.45, 2.75) is 30.9 Å². The van der Waals surface area contributed by atoms with Gasteiger partial charge in [0, 0.05) is 11.6 Å². The molecule has 4 nitrogen and oxygen atoms in total. The molecule has 1 unspecified atom stereocenters. The van der Waals surface area contributed by atoms with Crippen LogP contribution in [0.25, 0.3) is 0 Å². The highest BCUT2D eigenvalue weighted by Crippen LogP contribution is 2.33. The van der Waals surface area contributed by atoms with E-state index in [0.29, 0.717) is 24.7 Å². The van der Waals surface area contributed by atoms with E-state index in [1.807, 2.05) is 29.2 Å². The second kappa shape index (κ2) is 5.35. The van der Waals surface area contributed by atoms with Crippen LogP contribution in [0.1, 0.15) is 30.9 Å². The molecule has 1 saturated carbocycles. The van der Waals surface area contributed by atoms with E-state index < -0.39 is 5.54 Å². The van der Waals surface area contributed by atoms with Crippen LogP contribution in [0.2, 0.25) is 5.02 Å². The van der Waals surface area contributed by atoms with Gasteiger partial charge in [-0.15, -0.1) is 0 Å². The average molecular weight is 295 g/mol. The Kier molecular flexibility index (Phi) is 3.71. The lowest BCUT2D eigenvalue weighted by Crippen LogP contribution is -2.61. The molecule has 1 aliphatic heterocycles. The molecule has 1 atom stereocenters. The molecule has 20 heavy (non-hydrogen) atoms. The summed E-state index contributed by atoms with van der Waals surface area (Å²) in [6, 6.07) is 7.58. The van der Waals surface area contributed by atoms with E-state index in [1.54, 1.807) is 0 Å². The van der Waals surface area contributed by atoms with Crippen molar-refractivity contribution in [1.29, 1.82) is 0 Å². The van der Waals surface area contributed by atoms with E-state index in [-0.39, 0.29) is 12.0 Å². The van der Waals surface area contributed by atoms with Gasteiger partial charge in [-0.05, 0) is 37.0 Å². The number of benzene rings is 1. The van der Waals surface area contributed by atoms with Crippen molar-refractivity contribution in [2.24, 2.45) is 5.73 Å². The maximum atomic E-state index is 12.5. The zero-order valence-electron chi connectivity index (χ0n) is 11.3. The van der Waals surface area contributed by atoms with Crippen LogP contribution in [0.3, 0.4) is 0 Å². The molecular weight excluding hydrogens is 276 g/mol. The molecular formula is C15H19ClN2O2. The van der Waals surface area contributed by atoms with E-state index in [2.05, 4.69) is 0 Å². The van der Waals surface area contributed by atoms with Crippen molar-refractivity contribution in [1.82, 2.24) is 4.90 Å². The molecule has 2 N–H and O–H groups in total. The van der Waals surface area contributed by atoms with Crippen LogP contribution in [-0.2, 0) is 9.53 Å². The summed E-state index contributed by atoms with van der Waals surface area (Å²) < 4.78 is 5.77. The van der Waals surface area contributed by atoms with E-state index >= 15 is 0 Å². The number of morpholine rings is 1. The highest BCUT2D eigenvalue weighted by molar-refractivity contribution is 6.30. The lowest BCUT2D eigenvalue weighted by molar-refractivity contribution is -0.148. The molecule has 1 aromatic carbocycles. The van der Waals surface area contributed by atoms with Crippen LogP contribution < -0.4 is 5.73 Å². The minimum absolute atomic E-state index is 0.0750. The van der Waals surface area contributed by atoms with Gasteiger partial charge >= 0.3 is 0 Å². The fourth-order valence-electron chi connectivity index (χ4n) is 2.80. The molecule has 2 aliphatic rings. The first kappa shape index (κ1) is 13.9. The van der Waals surface area contributed by atoms with Crippen LogP contribution in [0.5, 0.6) is 0 Å². The zero-order valence-corrected chi connectivity index (χ0v) is 12.1. The topological polar surface area (TPSA) is 55.6 Å². The SMILES string of the molecule is NC1(C(=O)N2CCOC(c3ccc(Cl)cc3)C2)CCC1. The molecule has 0 bridgehead atoms. The first-order valence-electron chi connectivity index (χ1n) is 7.04. The van der Waals surface area contributed by atoms with Crippen LogP contribution in [0, 0.1) is 0 Å². The summed E-state index contributed by atoms with van der Waals surface area (Å²) >= 11 is 5.89. The highest BCUT2D eigenvalue weighted by atomic mass is 35.5. The molecule has 1 aliphatic carbocycles. The number of hydrogen-bond donors (Lipinski definition) is 1. The minimum atomic E-state index is -0.623. The van der Waals surface area contributed by atoms with Crippen molar-refractivity contribution in [3.63, 3.8) is 0 Å². The smallest absolute Gasteiger partial charge is 0.242 e. The van der Waals surface area contributed by atoms with Crippen LogP contribution in [0.4, 0.5) is 0 Å². The second-order valence-electron chi connectivity index (χ2n) is 5.67. The normalized spacial score (nSPS) is 25.1. The zero-order chi connectivity index (χ0) is 14.2. The van der Waals surface area contributed by atoms with Crippen molar-refractivity contribution >= 4 is 17.5 Å². The van der Waals surface area contributed by atoms with Crippen LogP contribution in [-0.4, -0.2) is 36.0 Å². The lowest BCUT2D eigenvalue weighted by Gasteiger charge is -2.43. The molecule has 108 valence electrons. The van der Waals surface area contributed by atoms with Gasteiger partial charge in [-0.2, -0.15) is 0 Å². The van der Waals surface area contributed by atoms with E-state index in [4.69, 9.17) is 22.1 Å². The van der Waals surface area contributed by atoms with E-state index in [0.717, 1.165) is 24.8 Å². The van der Waals surface area contributed by atoms with Crippen molar-refractivity contribution in [3.05, 3.63) is 34.9 Å². The molecule has 2 fully saturated rings. The van der Waals surface area contributed by atoms with Gasteiger partial charge in [0.1, 0.15) is 6.10 Å². The Morgan fingerprint density at radius 3 is 2.65 bits per heavy atom. The summed E-state index contributed by atoms with van der Waals surface area (Å²) in [5, 5.41) is 0.702. The number of carbonyl (C=O) groups excluding carboxylic acids is 1. The molecule has 0 aromatic heterocycles. The van der Waals surface area contributed by atoms with Gasteiger partial charge in [0.15, 0.2) is 0 Å². The predicted octanol–water partition coefficient (Wildman–Crippen LogP) is 2.12. The van der Waals surface area contributed by atoms with Gasteiger partial charge in [0.05, 0.1) is 18.7 Å². The van der Waals surface area contributed by atoms with Crippen molar-refractivity contribution in [3.8, 4) is 0 Å². The standard InChI is InChI=1S/C15H19ClN2O2/c16-12-4-2-11(3-5-12)13-10-18(8-9-20-13)14(19)15(17)6-1-7-15/h2-5,13H,1,6-10,17H2. The number of hydrogen-bond acceptors (Lipinski definition) is 3. The fourth-order valence-corrected chi connectivity index (χ4v) is 2.93. The maximum absolute atomic E-state index is 12.5. The van der Waals surface area contributed by atoms with Crippen molar-refractivity contribution < 1.29 is 9.53 Å². The Balaban J connectivity index is 1.70. The maximum Gasteiger partial charge on any atom is 0.242 e. The summed E-state index contributed by atoms with van der Waals surface area (Å²) in [6.07, 6.45) is 2.56. The number of carbonyl (C=O) groups is 1. The van der Waals surface area contributed by atoms with Gasteiger partial charge in [-0.25, -0.2) is 0 Å². The van der Waals surface area contributed by atoms with Crippen LogP contribution >= 0.6 is 11.6 Å². The Morgan fingerprint density at radius 2 is 2.05 bits per heavy atom. The fraction of sp³-hybridized carbons (Fsp3) is 0.533. The predicted molar refractivity (Wildman–Crippen MR) is 77.5 cm³/mol. The number of rotatable bonds is 2. The van der Waals surface area contributed by atoms with E-state index in [9.17, 15) is 4.79 Å². The molecule has 1 amide bonds. The van der Waals surface area contributed by atoms with Gasteiger partial charge in [0.2, 0.25) is 5.91 Å². The summed E-state index contributed by atoms with van der Waals surface area (Å²) in [4.78, 5) is 14.3. The van der Waals surface area contributed by atoms with Gasteiger partial charge in [-0.3, -0.25) is 4.79 Å². The minimum Gasteiger partial charge on any atom is -0.370 e. The van der Waals surface area contributed by atoms with Crippen LogP contribution in [0.15, 0.2) is 24.3 Å². The molecule has 5 heteroatoms. The summed E-state index contributed by atoms with van der Waals surface area (Å²) in [5.74, 6) is 0.0750. The third-order valence-electron chi connectivity index (χ3n) is 4.27. The number of nitrogens with two attached hydrogens (primary N) is 1. The molecule has 0 spiro atoms. The Hall–Kier alpha value is -1.10. The van der Waals surface area contributed by atoms with Gasteiger partial charge in [0.25, 0.3) is 0 Å². The monoisotopic (exact) mass is 294 g/mol. The first-order valence-corrected chi connectivity index (χ1v) is 7.42. The summed E-state index contributed by atoms with van der Waals surface area (Å²) in [7, 11) is 0. The van der Waals surface area contributed by atoms with Crippen molar-refractivity contribution in [2.75, 3.05) is 19.7 Å². The highest BCUT2D eigenvalue weighted by Gasteiger charge is 2.43. The summed E-state index contributed by atoms with van der Waals surface area (Å²) in [5.41, 5.74) is 6.56. The molecule has 0 radical (unpaired) electrons. The van der Waals surface area contributed by atoms with Gasteiger partial charge < -0.3 is 15.4 Å². The lowest BCUT2D eigenvalue weighted by atomic mass is 9.76. The largest absolute Gasteiger partial charge is 0.370 e. The molecule has 1 heterocycles.